The molecular formula is C22H31N5O2S. The quantitative estimate of drug-likeness (QED) is 0.377. The average molecular weight is 430 g/mol. The standard InChI is InChI=1S/C22H31N5O2S/c1-7-8-13-30-22-24-21-23-15(4)18(20(28)29-14(2)3)19(27(21)25-22)16-9-11-17(12-10-16)26(5)6/h9-12,14,19H,7-8,13H2,1-6H3,(H,23,24,25). The molecule has 0 bridgehead atoms. The van der Waals surface area contributed by atoms with Crippen molar-refractivity contribution in [3.05, 3.63) is 41.1 Å². The van der Waals surface area contributed by atoms with Crippen molar-refractivity contribution in [2.75, 3.05) is 30.1 Å². The summed E-state index contributed by atoms with van der Waals surface area (Å²) in [6, 6.07) is 7.78. The van der Waals surface area contributed by atoms with Crippen LogP contribution in [0, 0.1) is 0 Å². The van der Waals surface area contributed by atoms with Crippen LogP contribution in [-0.4, -0.2) is 46.7 Å². The van der Waals surface area contributed by atoms with E-state index in [0.29, 0.717) is 16.7 Å². The van der Waals surface area contributed by atoms with Crippen molar-refractivity contribution in [3.63, 3.8) is 0 Å². The van der Waals surface area contributed by atoms with Gasteiger partial charge < -0.3 is 15.0 Å². The first kappa shape index (κ1) is 22.2. The molecule has 1 N–H and O–H groups in total. The van der Waals surface area contributed by atoms with Crippen LogP contribution in [0.15, 0.2) is 40.7 Å². The Labute approximate surface area is 182 Å². The fourth-order valence-corrected chi connectivity index (χ4v) is 4.22. The minimum atomic E-state index is -0.392. The highest BCUT2D eigenvalue weighted by Crippen LogP contribution is 2.37. The van der Waals surface area contributed by atoms with E-state index >= 15 is 0 Å². The highest BCUT2D eigenvalue weighted by atomic mass is 32.2. The summed E-state index contributed by atoms with van der Waals surface area (Å²) in [4.78, 5) is 19.7. The number of unbranched alkanes of at least 4 members (excludes halogenated alkanes) is 1. The number of rotatable bonds is 8. The van der Waals surface area contributed by atoms with Crippen LogP contribution in [0.3, 0.4) is 0 Å². The van der Waals surface area contributed by atoms with Gasteiger partial charge in [-0.1, -0.05) is 37.2 Å². The van der Waals surface area contributed by atoms with E-state index in [2.05, 4.69) is 17.2 Å². The Morgan fingerprint density at radius 3 is 2.60 bits per heavy atom. The minimum Gasteiger partial charge on any atom is -0.459 e. The number of thioether (sulfide) groups is 1. The van der Waals surface area contributed by atoms with Gasteiger partial charge in [0.05, 0.1) is 11.7 Å². The lowest BCUT2D eigenvalue weighted by Gasteiger charge is -2.28. The molecule has 0 radical (unpaired) electrons. The summed E-state index contributed by atoms with van der Waals surface area (Å²) in [5.74, 6) is 1.28. The van der Waals surface area contributed by atoms with Crippen molar-refractivity contribution < 1.29 is 9.53 Å². The predicted molar refractivity (Wildman–Crippen MR) is 122 cm³/mol. The number of esters is 1. The number of hydrogen-bond acceptors (Lipinski definition) is 7. The number of benzene rings is 1. The number of aromatic nitrogens is 3. The average Bonchev–Trinajstić information content (AvgIpc) is 3.08. The molecule has 1 aromatic heterocycles. The van der Waals surface area contributed by atoms with E-state index in [1.54, 1.807) is 11.8 Å². The fraction of sp³-hybridized carbons (Fsp3) is 0.500. The zero-order chi connectivity index (χ0) is 21.8. The van der Waals surface area contributed by atoms with E-state index in [1.807, 2.05) is 68.7 Å². The second-order valence-electron chi connectivity index (χ2n) is 7.87. The molecule has 162 valence electrons. The first-order valence-electron chi connectivity index (χ1n) is 10.4. The molecule has 2 heterocycles. The Bertz CT molecular complexity index is 918. The molecule has 0 spiro atoms. The first-order valence-corrected chi connectivity index (χ1v) is 11.4. The SMILES string of the molecule is CCCCSc1nc2n(n1)C(c1ccc(N(C)C)cc1)C(C(=O)OC(C)C)=C(C)N2. The summed E-state index contributed by atoms with van der Waals surface area (Å²) in [5, 5.41) is 8.70. The topological polar surface area (TPSA) is 72.3 Å². The van der Waals surface area contributed by atoms with Gasteiger partial charge in [0.15, 0.2) is 0 Å². The lowest BCUT2D eigenvalue weighted by atomic mass is 9.95. The van der Waals surface area contributed by atoms with Gasteiger partial charge in [0, 0.05) is 31.2 Å². The maximum absolute atomic E-state index is 13.0. The van der Waals surface area contributed by atoms with Crippen LogP contribution in [-0.2, 0) is 9.53 Å². The lowest BCUT2D eigenvalue weighted by Crippen LogP contribution is -2.30. The van der Waals surface area contributed by atoms with Crippen LogP contribution in [0.25, 0.3) is 0 Å². The van der Waals surface area contributed by atoms with E-state index in [4.69, 9.17) is 9.84 Å². The first-order chi connectivity index (χ1) is 14.3. The van der Waals surface area contributed by atoms with Gasteiger partial charge in [-0.05, 0) is 44.9 Å². The van der Waals surface area contributed by atoms with Crippen LogP contribution in [0.1, 0.15) is 52.1 Å². The van der Waals surface area contributed by atoms with Crippen LogP contribution in [0.2, 0.25) is 0 Å². The molecule has 8 heteroatoms. The van der Waals surface area contributed by atoms with Gasteiger partial charge in [-0.3, -0.25) is 0 Å². The van der Waals surface area contributed by atoms with E-state index in [1.165, 1.54) is 0 Å². The number of ether oxygens (including phenoxy) is 1. The molecule has 0 fully saturated rings. The molecule has 3 rings (SSSR count). The molecule has 1 aromatic carbocycles. The monoisotopic (exact) mass is 429 g/mol. The van der Waals surface area contributed by atoms with Crippen LogP contribution >= 0.6 is 11.8 Å². The summed E-state index contributed by atoms with van der Waals surface area (Å²) in [5.41, 5.74) is 3.36. The second-order valence-corrected chi connectivity index (χ2v) is 8.93. The molecule has 1 aliphatic heterocycles. The summed E-state index contributed by atoms with van der Waals surface area (Å²) < 4.78 is 7.37. The molecular weight excluding hydrogens is 398 g/mol. The van der Waals surface area contributed by atoms with Crippen molar-refractivity contribution in [2.45, 2.75) is 57.8 Å². The molecule has 0 saturated carbocycles. The van der Waals surface area contributed by atoms with E-state index in [-0.39, 0.29) is 12.1 Å². The van der Waals surface area contributed by atoms with Gasteiger partial charge in [0.1, 0.15) is 6.04 Å². The number of allylic oxidation sites excluding steroid dienone is 1. The van der Waals surface area contributed by atoms with Gasteiger partial charge in [-0.25, -0.2) is 9.48 Å². The second kappa shape index (κ2) is 9.55. The van der Waals surface area contributed by atoms with Gasteiger partial charge in [0.2, 0.25) is 11.1 Å². The summed E-state index contributed by atoms with van der Waals surface area (Å²) >= 11 is 1.64. The highest BCUT2D eigenvalue weighted by Gasteiger charge is 2.35. The minimum absolute atomic E-state index is 0.202. The molecule has 0 aliphatic carbocycles. The van der Waals surface area contributed by atoms with Gasteiger partial charge >= 0.3 is 5.97 Å². The molecule has 2 aromatic rings. The van der Waals surface area contributed by atoms with Gasteiger partial charge in [0.25, 0.3) is 0 Å². The van der Waals surface area contributed by atoms with Crippen molar-refractivity contribution >= 4 is 29.4 Å². The number of fused-ring (bicyclic) bond motifs is 1. The van der Waals surface area contributed by atoms with Crippen molar-refractivity contribution in [1.82, 2.24) is 14.8 Å². The largest absolute Gasteiger partial charge is 0.459 e. The Morgan fingerprint density at radius 1 is 1.30 bits per heavy atom. The number of hydrogen-bond donors (Lipinski definition) is 1. The Balaban J connectivity index is 2.03. The third kappa shape index (κ3) is 4.80. The summed E-state index contributed by atoms with van der Waals surface area (Å²) in [6.07, 6.45) is 2.04. The molecule has 1 atom stereocenters. The number of carbonyl (C=O) groups is 1. The van der Waals surface area contributed by atoms with Crippen molar-refractivity contribution in [1.29, 1.82) is 0 Å². The van der Waals surface area contributed by atoms with E-state index in [9.17, 15) is 4.79 Å². The molecule has 1 unspecified atom stereocenters. The Morgan fingerprint density at radius 2 is 2.00 bits per heavy atom. The maximum Gasteiger partial charge on any atom is 0.338 e. The highest BCUT2D eigenvalue weighted by molar-refractivity contribution is 7.99. The zero-order valence-corrected chi connectivity index (χ0v) is 19.4. The third-order valence-corrected chi connectivity index (χ3v) is 5.77. The summed E-state index contributed by atoms with van der Waals surface area (Å²) in [7, 11) is 4.01. The van der Waals surface area contributed by atoms with E-state index < -0.39 is 6.04 Å². The normalized spacial score (nSPS) is 15.8. The van der Waals surface area contributed by atoms with Crippen LogP contribution in [0.4, 0.5) is 11.6 Å². The van der Waals surface area contributed by atoms with Gasteiger partial charge in [-0.2, -0.15) is 4.98 Å². The number of anilines is 2. The predicted octanol–water partition coefficient (Wildman–Crippen LogP) is 4.48. The van der Waals surface area contributed by atoms with Crippen molar-refractivity contribution in [3.8, 4) is 0 Å². The molecule has 7 nitrogen and oxygen atoms in total. The lowest BCUT2D eigenvalue weighted by molar-refractivity contribution is -0.143. The van der Waals surface area contributed by atoms with Crippen LogP contribution < -0.4 is 10.2 Å². The van der Waals surface area contributed by atoms with Crippen LogP contribution in [0.5, 0.6) is 0 Å². The van der Waals surface area contributed by atoms with Crippen molar-refractivity contribution in [2.24, 2.45) is 0 Å². The molecule has 0 amide bonds. The number of nitrogens with one attached hydrogen (secondary N) is 1. The summed E-state index contributed by atoms with van der Waals surface area (Å²) in [6.45, 7) is 7.77. The molecule has 1 aliphatic rings. The molecule has 30 heavy (non-hydrogen) atoms. The zero-order valence-electron chi connectivity index (χ0n) is 18.6. The number of carbonyl (C=O) groups excluding carboxylic acids is 1. The Hall–Kier alpha value is -2.48. The van der Waals surface area contributed by atoms with E-state index in [0.717, 1.165) is 35.5 Å². The molecule has 0 saturated heterocycles. The fourth-order valence-electron chi connectivity index (χ4n) is 3.31. The number of nitrogens with zero attached hydrogens (tertiary/aromatic N) is 4. The maximum atomic E-state index is 13.0. The Kier molecular flexibility index (Phi) is 7.07. The van der Waals surface area contributed by atoms with Gasteiger partial charge in [-0.15, -0.1) is 5.10 Å². The third-order valence-electron chi connectivity index (χ3n) is 4.85. The smallest absolute Gasteiger partial charge is 0.338 e.